The summed E-state index contributed by atoms with van der Waals surface area (Å²) in [6, 6.07) is 12.6. The molecule has 0 spiro atoms. The lowest BCUT2D eigenvalue weighted by molar-refractivity contribution is 0.563. The van der Waals surface area contributed by atoms with Gasteiger partial charge in [0.2, 0.25) is 0 Å². The third-order valence-electron chi connectivity index (χ3n) is 3.20. The summed E-state index contributed by atoms with van der Waals surface area (Å²) >= 11 is 3.43. The fourth-order valence-corrected chi connectivity index (χ4v) is 2.43. The molecule has 2 atom stereocenters. The molecule has 0 saturated heterocycles. The molecule has 1 heterocycles. The molecule has 0 radical (unpaired) electrons. The highest BCUT2D eigenvalue weighted by Gasteiger charge is 2.15. The van der Waals surface area contributed by atoms with Gasteiger partial charge in [-0.2, -0.15) is 0 Å². The molecule has 0 bridgehead atoms. The van der Waals surface area contributed by atoms with E-state index in [1.165, 1.54) is 11.1 Å². The number of rotatable bonds is 4. The second-order valence-corrected chi connectivity index (χ2v) is 5.49. The van der Waals surface area contributed by atoms with Crippen LogP contribution in [0.1, 0.15) is 24.0 Å². The summed E-state index contributed by atoms with van der Waals surface area (Å²) in [5.74, 6) is 0.338. The number of nitrogens with two attached hydrogens (primary N) is 1. The maximum Gasteiger partial charge on any atom is 0.0410 e. The number of benzene rings is 1. The average molecular weight is 305 g/mol. The third-order valence-corrected chi connectivity index (χ3v) is 3.63. The van der Waals surface area contributed by atoms with Crippen molar-refractivity contribution in [1.82, 2.24) is 4.98 Å². The maximum atomic E-state index is 6.29. The smallest absolute Gasteiger partial charge is 0.0410 e. The van der Waals surface area contributed by atoms with Gasteiger partial charge in [0.1, 0.15) is 0 Å². The van der Waals surface area contributed by atoms with Crippen molar-refractivity contribution in [3.63, 3.8) is 0 Å². The van der Waals surface area contributed by atoms with Gasteiger partial charge in [0.15, 0.2) is 0 Å². The summed E-state index contributed by atoms with van der Waals surface area (Å²) in [4.78, 5) is 4.17. The van der Waals surface area contributed by atoms with E-state index in [9.17, 15) is 0 Å². The minimum absolute atomic E-state index is 0.100. The molecule has 0 aliphatic rings. The Balaban J connectivity index is 2.06. The standard InChI is InChI=1S/C15H17BrN2/c1-11(13-5-3-2-4-6-13)15(17)8-12-7-14(16)10-18-9-12/h2-7,9-11,15H,8,17H2,1H3. The van der Waals surface area contributed by atoms with E-state index in [1.807, 2.05) is 12.3 Å². The van der Waals surface area contributed by atoms with Crippen molar-refractivity contribution in [3.8, 4) is 0 Å². The summed E-state index contributed by atoms with van der Waals surface area (Å²) < 4.78 is 1.000. The Morgan fingerprint density at radius 2 is 1.94 bits per heavy atom. The molecule has 0 aliphatic carbocycles. The Labute approximate surface area is 116 Å². The molecule has 1 aromatic heterocycles. The summed E-state index contributed by atoms with van der Waals surface area (Å²) in [5, 5.41) is 0. The number of pyridine rings is 1. The zero-order valence-electron chi connectivity index (χ0n) is 10.4. The van der Waals surface area contributed by atoms with Gasteiger partial charge in [-0.15, -0.1) is 0 Å². The Kier molecular flexibility index (Phi) is 4.50. The van der Waals surface area contributed by atoms with Gasteiger partial charge in [0.05, 0.1) is 0 Å². The van der Waals surface area contributed by atoms with Crippen molar-refractivity contribution in [1.29, 1.82) is 0 Å². The first-order valence-corrected chi connectivity index (χ1v) is 6.86. The number of halogens is 1. The van der Waals surface area contributed by atoms with Crippen molar-refractivity contribution >= 4 is 15.9 Å². The van der Waals surface area contributed by atoms with Crippen LogP contribution in [-0.4, -0.2) is 11.0 Å². The number of nitrogens with zero attached hydrogens (tertiary/aromatic N) is 1. The van der Waals surface area contributed by atoms with E-state index in [0.717, 1.165) is 10.9 Å². The second kappa shape index (κ2) is 6.12. The largest absolute Gasteiger partial charge is 0.327 e. The van der Waals surface area contributed by atoms with Gasteiger partial charge in [0, 0.05) is 22.9 Å². The molecule has 2 rings (SSSR count). The molecule has 94 valence electrons. The molecule has 0 amide bonds. The molecule has 1 aromatic carbocycles. The van der Waals surface area contributed by atoms with Crippen LogP contribution in [0.15, 0.2) is 53.3 Å². The molecule has 0 aliphatic heterocycles. The van der Waals surface area contributed by atoms with Crippen molar-refractivity contribution in [2.24, 2.45) is 5.73 Å². The zero-order valence-corrected chi connectivity index (χ0v) is 12.0. The van der Waals surface area contributed by atoms with Gasteiger partial charge in [-0.05, 0) is 45.5 Å². The SMILES string of the molecule is CC(c1ccccc1)C(N)Cc1cncc(Br)c1. The first-order valence-electron chi connectivity index (χ1n) is 6.07. The van der Waals surface area contributed by atoms with E-state index < -0.39 is 0 Å². The first kappa shape index (κ1) is 13.2. The highest BCUT2D eigenvalue weighted by Crippen LogP contribution is 2.21. The number of hydrogen-bond donors (Lipinski definition) is 1. The minimum atomic E-state index is 0.100. The number of aromatic nitrogens is 1. The monoisotopic (exact) mass is 304 g/mol. The molecular weight excluding hydrogens is 288 g/mol. The molecule has 3 heteroatoms. The summed E-state index contributed by atoms with van der Waals surface area (Å²) in [6.07, 6.45) is 4.50. The highest BCUT2D eigenvalue weighted by molar-refractivity contribution is 9.10. The predicted molar refractivity (Wildman–Crippen MR) is 78.5 cm³/mol. The molecule has 18 heavy (non-hydrogen) atoms. The van der Waals surface area contributed by atoms with E-state index in [4.69, 9.17) is 5.73 Å². The van der Waals surface area contributed by atoms with Gasteiger partial charge >= 0.3 is 0 Å². The van der Waals surface area contributed by atoms with Gasteiger partial charge in [-0.25, -0.2) is 0 Å². The fourth-order valence-electron chi connectivity index (χ4n) is 2.02. The first-order chi connectivity index (χ1) is 8.66. The normalized spacial score (nSPS) is 14.2. The molecule has 2 nitrogen and oxygen atoms in total. The van der Waals surface area contributed by atoms with Crippen LogP contribution >= 0.6 is 15.9 Å². The summed E-state index contributed by atoms with van der Waals surface area (Å²) in [7, 11) is 0. The van der Waals surface area contributed by atoms with Crippen LogP contribution in [-0.2, 0) is 6.42 Å². The Bertz CT molecular complexity index is 499. The van der Waals surface area contributed by atoms with E-state index in [-0.39, 0.29) is 6.04 Å². The summed E-state index contributed by atoms with van der Waals surface area (Å²) in [5.41, 5.74) is 8.74. The topological polar surface area (TPSA) is 38.9 Å². The van der Waals surface area contributed by atoms with Crippen LogP contribution in [0.2, 0.25) is 0 Å². The Hall–Kier alpha value is -1.19. The van der Waals surface area contributed by atoms with Gasteiger partial charge in [-0.3, -0.25) is 4.98 Å². The maximum absolute atomic E-state index is 6.29. The van der Waals surface area contributed by atoms with E-state index in [2.05, 4.69) is 58.2 Å². The second-order valence-electron chi connectivity index (χ2n) is 4.58. The number of hydrogen-bond acceptors (Lipinski definition) is 2. The molecule has 2 aromatic rings. The van der Waals surface area contributed by atoms with Crippen molar-refractivity contribution in [2.75, 3.05) is 0 Å². The van der Waals surface area contributed by atoms with Crippen LogP contribution in [0.4, 0.5) is 0 Å². The van der Waals surface area contributed by atoms with Crippen LogP contribution in [0.3, 0.4) is 0 Å². The Morgan fingerprint density at radius 3 is 2.61 bits per heavy atom. The fraction of sp³-hybridized carbons (Fsp3) is 0.267. The minimum Gasteiger partial charge on any atom is -0.327 e. The van der Waals surface area contributed by atoms with Crippen LogP contribution in [0.25, 0.3) is 0 Å². The van der Waals surface area contributed by atoms with Crippen LogP contribution < -0.4 is 5.73 Å². The molecule has 0 fully saturated rings. The van der Waals surface area contributed by atoms with Crippen LogP contribution in [0, 0.1) is 0 Å². The van der Waals surface area contributed by atoms with Crippen molar-refractivity contribution in [2.45, 2.75) is 25.3 Å². The molecule has 2 unspecified atom stereocenters. The highest BCUT2D eigenvalue weighted by atomic mass is 79.9. The zero-order chi connectivity index (χ0) is 13.0. The molecule has 2 N–H and O–H groups in total. The van der Waals surface area contributed by atoms with Gasteiger partial charge in [0.25, 0.3) is 0 Å². The van der Waals surface area contributed by atoms with Gasteiger partial charge < -0.3 is 5.73 Å². The lowest BCUT2D eigenvalue weighted by atomic mass is 9.90. The van der Waals surface area contributed by atoms with E-state index in [0.29, 0.717) is 5.92 Å². The quantitative estimate of drug-likeness (QED) is 0.938. The molecular formula is C15H17BrN2. The third kappa shape index (κ3) is 3.40. The Morgan fingerprint density at radius 1 is 1.22 bits per heavy atom. The van der Waals surface area contributed by atoms with Crippen molar-refractivity contribution < 1.29 is 0 Å². The molecule has 0 saturated carbocycles. The van der Waals surface area contributed by atoms with Crippen molar-refractivity contribution in [3.05, 3.63) is 64.4 Å². The summed E-state index contributed by atoms with van der Waals surface area (Å²) in [6.45, 7) is 2.17. The lowest BCUT2D eigenvalue weighted by Crippen LogP contribution is -2.29. The average Bonchev–Trinajstić information content (AvgIpc) is 2.39. The van der Waals surface area contributed by atoms with Crippen LogP contribution in [0.5, 0.6) is 0 Å². The van der Waals surface area contributed by atoms with E-state index in [1.54, 1.807) is 6.20 Å². The van der Waals surface area contributed by atoms with E-state index >= 15 is 0 Å². The lowest BCUT2D eigenvalue weighted by Gasteiger charge is -2.20. The van der Waals surface area contributed by atoms with Gasteiger partial charge in [-0.1, -0.05) is 37.3 Å². The predicted octanol–water partition coefficient (Wildman–Crippen LogP) is 3.52.